The van der Waals surface area contributed by atoms with Gasteiger partial charge in [-0.05, 0) is 66.9 Å². The number of carboxylic acids is 1. The maximum atomic E-state index is 11.7. The minimum absolute atomic E-state index is 0.214. The lowest BCUT2D eigenvalue weighted by molar-refractivity contribution is -0.130. The molecule has 0 saturated heterocycles. The summed E-state index contributed by atoms with van der Waals surface area (Å²) in [4.78, 5) is 11.7. The van der Waals surface area contributed by atoms with Crippen LogP contribution in [-0.2, 0) is 4.79 Å². The van der Waals surface area contributed by atoms with Crippen LogP contribution in [0, 0.1) is 13.8 Å². The van der Waals surface area contributed by atoms with Crippen molar-refractivity contribution in [1.29, 1.82) is 0 Å². The molecule has 4 heteroatoms. The van der Waals surface area contributed by atoms with E-state index in [0.717, 1.165) is 16.9 Å². The van der Waals surface area contributed by atoms with Gasteiger partial charge in [0.25, 0.3) is 0 Å². The van der Waals surface area contributed by atoms with Crippen LogP contribution in [0.25, 0.3) is 11.6 Å². The van der Waals surface area contributed by atoms with Crippen LogP contribution in [0.1, 0.15) is 22.3 Å². The standard InChI is InChI=1S/C24H22O4/c1-16-4-13-23(17(2)14-16)28-21-9-5-18(6-10-21)15-22(24(25)26)19-7-11-20(27-3)12-8-19/h4-15H,1-3H3,(H,25,26)/b22-15+. The molecular formula is C24H22O4. The number of carbonyl (C=O) groups is 1. The molecule has 0 heterocycles. The normalized spacial score (nSPS) is 11.2. The second-order valence-corrected chi connectivity index (χ2v) is 6.53. The van der Waals surface area contributed by atoms with Gasteiger partial charge in [-0.1, -0.05) is 42.0 Å². The molecule has 4 nitrogen and oxygen atoms in total. The Morgan fingerprint density at radius 2 is 1.54 bits per heavy atom. The number of hydrogen-bond acceptors (Lipinski definition) is 3. The zero-order valence-electron chi connectivity index (χ0n) is 16.1. The molecule has 0 aromatic heterocycles. The second kappa shape index (κ2) is 8.44. The first-order chi connectivity index (χ1) is 13.5. The van der Waals surface area contributed by atoms with E-state index in [9.17, 15) is 9.90 Å². The number of aryl methyl sites for hydroxylation is 2. The lowest BCUT2D eigenvalue weighted by atomic mass is 10.0. The van der Waals surface area contributed by atoms with E-state index >= 15 is 0 Å². The summed E-state index contributed by atoms with van der Waals surface area (Å²) in [6.45, 7) is 4.05. The topological polar surface area (TPSA) is 55.8 Å². The molecule has 0 aliphatic rings. The second-order valence-electron chi connectivity index (χ2n) is 6.53. The number of aliphatic carboxylic acids is 1. The average Bonchev–Trinajstić information content (AvgIpc) is 2.69. The average molecular weight is 374 g/mol. The number of rotatable bonds is 6. The molecule has 3 aromatic rings. The van der Waals surface area contributed by atoms with E-state index in [2.05, 4.69) is 6.07 Å². The van der Waals surface area contributed by atoms with Crippen molar-refractivity contribution >= 4 is 17.6 Å². The van der Waals surface area contributed by atoms with E-state index in [1.54, 1.807) is 37.5 Å². The molecule has 0 spiro atoms. The molecule has 28 heavy (non-hydrogen) atoms. The first kappa shape index (κ1) is 19.2. The van der Waals surface area contributed by atoms with Crippen molar-refractivity contribution in [3.8, 4) is 17.2 Å². The number of ether oxygens (including phenoxy) is 2. The van der Waals surface area contributed by atoms with E-state index < -0.39 is 5.97 Å². The van der Waals surface area contributed by atoms with Gasteiger partial charge in [0.2, 0.25) is 0 Å². The van der Waals surface area contributed by atoms with Gasteiger partial charge in [0, 0.05) is 0 Å². The summed E-state index contributed by atoms with van der Waals surface area (Å²) < 4.78 is 11.1. The van der Waals surface area contributed by atoms with Gasteiger partial charge in [-0.15, -0.1) is 0 Å². The Morgan fingerprint density at radius 3 is 2.11 bits per heavy atom. The minimum atomic E-state index is -0.985. The fraction of sp³-hybridized carbons (Fsp3) is 0.125. The molecule has 0 fully saturated rings. The maximum absolute atomic E-state index is 11.7. The van der Waals surface area contributed by atoms with Crippen molar-refractivity contribution in [3.05, 3.63) is 89.0 Å². The Bertz CT molecular complexity index is 1000. The third kappa shape index (κ3) is 4.60. The Morgan fingerprint density at radius 1 is 0.893 bits per heavy atom. The lowest BCUT2D eigenvalue weighted by Gasteiger charge is -2.10. The van der Waals surface area contributed by atoms with Crippen LogP contribution in [0.15, 0.2) is 66.7 Å². The molecule has 0 amide bonds. The molecule has 0 atom stereocenters. The van der Waals surface area contributed by atoms with Crippen molar-refractivity contribution in [1.82, 2.24) is 0 Å². The molecule has 0 radical (unpaired) electrons. The zero-order chi connectivity index (χ0) is 20.1. The highest BCUT2D eigenvalue weighted by molar-refractivity contribution is 6.20. The molecule has 0 bridgehead atoms. The first-order valence-corrected chi connectivity index (χ1v) is 8.91. The van der Waals surface area contributed by atoms with Crippen molar-refractivity contribution in [2.45, 2.75) is 13.8 Å². The van der Waals surface area contributed by atoms with Crippen LogP contribution in [0.5, 0.6) is 17.2 Å². The van der Waals surface area contributed by atoms with E-state index in [-0.39, 0.29) is 5.57 Å². The highest BCUT2D eigenvalue weighted by Crippen LogP contribution is 2.27. The quantitative estimate of drug-likeness (QED) is 0.442. The molecule has 3 aromatic carbocycles. The smallest absolute Gasteiger partial charge is 0.336 e. The van der Waals surface area contributed by atoms with Crippen LogP contribution in [0.4, 0.5) is 0 Å². The Labute approximate surface area is 164 Å². The van der Waals surface area contributed by atoms with Crippen molar-refractivity contribution in [2.75, 3.05) is 7.11 Å². The van der Waals surface area contributed by atoms with Gasteiger partial charge in [-0.3, -0.25) is 0 Å². The number of benzene rings is 3. The molecule has 3 rings (SSSR count). The fourth-order valence-corrected chi connectivity index (χ4v) is 2.88. The summed E-state index contributed by atoms with van der Waals surface area (Å²) >= 11 is 0. The van der Waals surface area contributed by atoms with E-state index in [1.807, 2.05) is 50.2 Å². The van der Waals surface area contributed by atoms with Crippen LogP contribution < -0.4 is 9.47 Å². The van der Waals surface area contributed by atoms with Gasteiger partial charge in [0.15, 0.2) is 0 Å². The van der Waals surface area contributed by atoms with Crippen LogP contribution in [0.3, 0.4) is 0 Å². The van der Waals surface area contributed by atoms with Gasteiger partial charge in [0.05, 0.1) is 12.7 Å². The first-order valence-electron chi connectivity index (χ1n) is 8.91. The third-order valence-electron chi connectivity index (χ3n) is 4.38. The lowest BCUT2D eigenvalue weighted by Crippen LogP contribution is -1.99. The van der Waals surface area contributed by atoms with Crippen molar-refractivity contribution in [2.24, 2.45) is 0 Å². The number of hydrogen-bond donors (Lipinski definition) is 1. The molecule has 142 valence electrons. The van der Waals surface area contributed by atoms with Gasteiger partial charge in [0.1, 0.15) is 17.2 Å². The summed E-state index contributed by atoms with van der Waals surface area (Å²) in [5.41, 5.74) is 3.86. The van der Waals surface area contributed by atoms with Gasteiger partial charge in [-0.25, -0.2) is 4.79 Å². The summed E-state index contributed by atoms with van der Waals surface area (Å²) in [6.07, 6.45) is 1.64. The fourth-order valence-electron chi connectivity index (χ4n) is 2.88. The summed E-state index contributed by atoms with van der Waals surface area (Å²) in [6, 6.07) is 20.3. The maximum Gasteiger partial charge on any atom is 0.336 e. The summed E-state index contributed by atoms with van der Waals surface area (Å²) in [5, 5.41) is 9.59. The molecule has 0 aliphatic carbocycles. The van der Waals surface area contributed by atoms with Gasteiger partial charge in [-0.2, -0.15) is 0 Å². The van der Waals surface area contributed by atoms with E-state index in [0.29, 0.717) is 17.1 Å². The van der Waals surface area contributed by atoms with Gasteiger partial charge < -0.3 is 14.6 Å². The Kier molecular flexibility index (Phi) is 5.80. The van der Waals surface area contributed by atoms with Crippen LogP contribution >= 0.6 is 0 Å². The summed E-state index contributed by atoms with van der Waals surface area (Å²) in [7, 11) is 1.57. The zero-order valence-corrected chi connectivity index (χ0v) is 16.1. The minimum Gasteiger partial charge on any atom is -0.497 e. The monoisotopic (exact) mass is 374 g/mol. The van der Waals surface area contributed by atoms with Crippen LogP contribution in [-0.4, -0.2) is 18.2 Å². The van der Waals surface area contributed by atoms with E-state index in [4.69, 9.17) is 9.47 Å². The number of methoxy groups -OCH3 is 1. The molecule has 0 saturated carbocycles. The van der Waals surface area contributed by atoms with Crippen molar-refractivity contribution < 1.29 is 19.4 Å². The van der Waals surface area contributed by atoms with E-state index in [1.165, 1.54) is 5.56 Å². The predicted octanol–water partition coefficient (Wildman–Crippen LogP) is 5.73. The molecule has 1 N–H and O–H groups in total. The van der Waals surface area contributed by atoms with Crippen LogP contribution in [0.2, 0.25) is 0 Å². The van der Waals surface area contributed by atoms with Crippen molar-refractivity contribution in [3.63, 3.8) is 0 Å². The molecule has 0 unspecified atom stereocenters. The number of carboxylic acid groups (broad SMARTS) is 1. The highest BCUT2D eigenvalue weighted by atomic mass is 16.5. The van der Waals surface area contributed by atoms with Gasteiger partial charge >= 0.3 is 5.97 Å². The molecular weight excluding hydrogens is 352 g/mol. The Hall–Kier alpha value is -3.53. The molecule has 0 aliphatic heterocycles. The third-order valence-corrected chi connectivity index (χ3v) is 4.38. The SMILES string of the molecule is COc1ccc(/C(=C\c2ccc(Oc3ccc(C)cc3C)cc2)C(=O)O)cc1. The summed E-state index contributed by atoms with van der Waals surface area (Å²) in [5.74, 6) is 1.20. The Balaban J connectivity index is 1.83. The predicted molar refractivity (Wildman–Crippen MR) is 111 cm³/mol. The largest absolute Gasteiger partial charge is 0.497 e. The highest BCUT2D eigenvalue weighted by Gasteiger charge is 2.11.